The molecule has 128 valence electrons. The first kappa shape index (κ1) is 17.9. The Kier molecular flexibility index (Phi) is 7.52. The minimum Gasteiger partial charge on any atom is -0.353 e. The first-order valence-electron chi connectivity index (χ1n) is 8.76. The van der Waals surface area contributed by atoms with Gasteiger partial charge in [-0.2, -0.15) is 0 Å². The van der Waals surface area contributed by atoms with E-state index in [4.69, 9.17) is 0 Å². The van der Waals surface area contributed by atoms with Crippen LogP contribution in [0, 0.1) is 0 Å². The Morgan fingerprint density at radius 1 is 1.22 bits per heavy atom. The number of piperazine rings is 1. The molecule has 1 unspecified atom stereocenters. The number of amides is 1. The smallest absolute Gasteiger partial charge is 0.242 e. The summed E-state index contributed by atoms with van der Waals surface area (Å²) in [6.07, 6.45) is 0. The molecule has 2 rings (SSSR count). The van der Waals surface area contributed by atoms with Crippen molar-refractivity contribution in [1.82, 2.24) is 20.4 Å². The fourth-order valence-electron chi connectivity index (χ4n) is 3.12. The Morgan fingerprint density at radius 3 is 2.48 bits per heavy atom. The SMILES string of the molecule is CCN(CC)C(C(=O)NCCN1CCNCC1)c1ccccc1. The van der Waals surface area contributed by atoms with Crippen LogP contribution in [0.25, 0.3) is 0 Å². The van der Waals surface area contributed by atoms with Crippen molar-refractivity contribution in [3.05, 3.63) is 35.9 Å². The van der Waals surface area contributed by atoms with Gasteiger partial charge in [0.05, 0.1) is 0 Å². The van der Waals surface area contributed by atoms with Crippen molar-refractivity contribution in [2.75, 3.05) is 52.4 Å². The van der Waals surface area contributed by atoms with E-state index in [9.17, 15) is 4.79 Å². The monoisotopic (exact) mass is 318 g/mol. The molecule has 1 aromatic carbocycles. The van der Waals surface area contributed by atoms with Crippen LogP contribution in [0.4, 0.5) is 0 Å². The van der Waals surface area contributed by atoms with Crippen molar-refractivity contribution in [3.63, 3.8) is 0 Å². The standard InChI is InChI=1S/C18H30N4O/c1-3-22(4-2)17(16-8-6-5-7-9-16)18(23)20-12-15-21-13-10-19-11-14-21/h5-9,17,19H,3-4,10-15H2,1-2H3,(H,20,23). The van der Waals surface area contributed by atoms with Crippen molar-refractivity contribution < 1.29 is 4.79 Å². The summed E-state index contributed by atoms with van der Waals surface area (Å²) in [4.78, 5) is 17.4. The van der Waals surface area contributed by atoms with Crippen LogP contribution < -0.4 is 10.6 Å². The molecule has 5 nitrogen and oxygen atoms in total. The zero-order chi connectivity index (χ0) is 16.5. The van der Waals surface area contributed by atoms with E-state index in [1.807, 2.05) is 30.3 Å². The van der Waals surface area contributed by atoms with Gasteiger partial charge < -0.3 is 10.6 Å². The lowest BCUT2D eigenvalue weighted by atomic mass is 10.0. The molecule has 0 saturated carbocycles. The summed E-state index contributed by atoms with van der Waals surface area (Å²) in [5.41, 5.74) is 1.07. The van der Waals surface area contributed by atoms with Gasteiger partial charge in [0, 0.05) is 39.3 Å². The van der Waals surface area contributed by atoms with Gasteiger partial charge in [-0.15, -0.1) is 0 Å². The van der Waals surface area contributed by atoms with Gasteiger partial charge in [-0.25, -0.2) is 0 Å². The lowest BCUT2D eigenvalue weighted by Gasteiger charge is -2.30. The van der Waals surface area contributed by atoms with Gasteiger partial charge in [-0.3, -0.25) is 14.6 Å². The van der Waals surface area contributed by atoms with Crippen molar-refractivity contribution in [3.8, 4) is 0 Å². The first-order valence-corrected chi connectivity index (χ1v) is 8.76. The van der Waals surface area contributed by atoms with E-state index in [1.165, 1.54) is 0 Å². The maximum atomic E-state index is 12.8. The second-order valence-electron chi connectivity index (χ2n) is 5.92. The minimum absolute atomic E-state index is 0.107. The average Bonchev–Trinajstić information content (AvgIpc) is 2.61. The highest BCUT2D eigenvalue weighted by Crippen LogP contribution is 2.20. The number of likely N-dealkylation sites (N-methyl/N-ethyl adjacent to an activating group) is 1. The van der Waals surface area contributed by atoms with E-state index in [0.717, 1.165) is 51.4 Å². The number of hydrogen-bond donors (Lipinski definition) is 2. The van der Waals surface area contributed by atoms with Crippen molar-refractivity contribution in [1.29, 1.82) is 0 Å². The zero-order valence-electron chi connectivity index (χ0n) is 14.4. The highest BCUT2D eigenvalue weighted by atomic mass is 16.2. The Labute approximate surface area is 140 Å². The second kappa shape index (κ2) is 9.65. The summed E-state index contributed by atoms with van der Waals surface area (Å²) >= 11 is 0. The van der Waals surface area contributed by atoms with Crippen LogP contribution in [0.3, 0.4) is 0 Å². The average molecular weight is 318 g/mol. The third kappa shape index (κ3) is 5.30. The van der Waals surface area contributed by atoms with Gasteiger partial charge in [0.15, 0.2) is 0 Å². The molecule has 1 fully saturated rings. The Morgan fingerprint density at radius 2 is 1.87 bits per heavy atom. The minimum atomic E-state index is -0.200. The summed E-state index contributed by atoms with van der Waals surface area (Å²) < 4.78 is 0. The predicted molar refractivity (Wildman–Crippen MR) is 94.4 cm³/mol. The summed E-state index contributed by atoms with van der Waals surface area (Å²) in [5, 5.41) is 6.48. The molecule has 5 heteroatoms. The summed E-state index contributed by atoms with van der Waals surface area (Å²) in [6, 6.07) is 9.87. The summed E-state index contributed by atoms with van der Waals surface area (Å²) in [7, 11) is 0. The molecule has 0 bridgehead atoms. The van der Waals surface area contributed by atoms with E-state index in [-0.39, 0.29) is 11.9 Å². The van der Waals surface area contributed by atoms with Crippen molar-refractivity contribution >= 4 is 5.91 Å². The molecule has 1 atom stereocenters. The van der Waals surface area contributed by atoms with E-state index in [0.29, 0.717) is 6.54 Å². The highest BCUT2D eigenvalue weighted by molar-refractivity contribution is 5.83. The maximum Gasteiger partial charge on any atom is 0.242 e. The van der Waals surface area contributed by atoms with E-state index in [2.05, 4.69) is 34.3 Å². The van der Waals surface area contributed by atoms with Gasteiger partial charge in [-0.05, 0) is 18.7 Å². The van der Waals surface area contributed by atoms with Crippen LogP contribution in [0.2, 0.25) is 0 Å². The summed E-state index contributed by atoms with van der Waals surface area (Å²) in [6.45, 7) is 11.8. The molecule has 0 spiro atoms. The van der Waals surface area contributed by atoms with E-state index >= 15 is 0 Å². The van der Waals surface area contributed by atoms with Gasteiger partial charge in [-0.1, -0.05) is 44.2 Å². The van der Waals surface area contributed by atoms with Crippen molar-refractivity contribution in [2.24, 2.45) is 0 Å². The molecule has 1 saturated heterocycles. The molecule has 2 N–H and O–H groups in total. The largest absolute Gasteiger partial charge is 0.353 e. The van der Waals surface area contributed by atoms with Gasteiger partial charge >= 0.3 is 0 Å². The summed E-state index contributed by atoms with van der Waals surface area (Å²) in [5.74, 6) is 0.107. The number of benzene rings is 1. The normalized spacial score (nSPS) is 17.2. The Bertz CT molecular complexity index is 455. The predicted octanol–water partition coefficient (Wildman–Crippen LogP) is 1.09. The third-order valence-corrected chi connectivity index (χ3v) is 4.48. The molecular formula is C18H30N4O. The molecule has 1 aromatic rings. The quantitative estimate of drug-likeness (QED) is 0.753. The van der Waals surface area contributed by atoms with Crippen LogP contribution in [0.1, 0.15) is 25.5 Å². The van der Waals surface area contributed by atoms with Crippen molar-refractivity contribution in [2.45, 2.75) is 19.9 Å². The number of hydrogen-bond acceptors (Lipinski definition) is 4. The van der Waals surface area contributed by atoms with Gasteiger partial charge in [0.25, 0.3) is 0 Å². The van der Waals surface area contributed by atoms with Gasteiger partial charge in [0.2, 0.25) is 5.91 Å². The van der Waals surface area contributed by atoms with Gasteiger partial charge in [0.1, 0.15) is 6.04 Å². The van der Waals surface area contributed by atoms with E-state index < -0.39 is 0 Å². The van der Waals surface area contributed by atoms with Crippen LogP contribution >= 0.6 is 0 Å². The number of carbonyl (C=O) groups is 1. The second-order valence-corrected chi connectivity index (χ2v) is 5.92. The number of nitrogens with one attached hydrogen (secondary N) is 2. The molecule has 0 radical (unpaired) electrons. The fourth-order valence-corrected chi connectivity index (χ4v) is 3.12. The fraction of sp³-hybridized carbons (Fsp3) is 0.611. The van der Waals surface area contributed by atoms with Crippen LogP contribution in [0.15, 0.2) is 30.3 Å². The number of nitrogens with zero attached hydrogens (tertiary/aromatic N) is 2. The maximum absolute atomic E-state index is 12.8. The Hall–Kier alpha value is -1.43. The third-order valence-electron chi connectivity index (χ3n) is 4.48. The molecule has 1 amide bonds. The molecule has 1 aliphatic rings. The molecule has 1 aliphatic heterocycles. The molecule has 0 aliphatic carbocycles. The first-order chi connectivity index (χ1) is 11.3. The molecular weight excluding hydrogens is 288 g/mol. The van der Waals surface area contributed by atoms with Crippen LogP contribution in [-0.2, 0) is 4.79 Å². The van der Waals surface area contributed by atoms with Crippen LogP contribution in [-0.4, -0.2) is 68.1 Å². The van der Waals surface area contributed by atoms with Crippen LogP contribution in [0.5, 0.6) is 0 Å². The Balaban J connectivity index is 1.93. The highest BCUT2D eigenvalue weighted by Gasteiger charge is 2.25. The lowest BCUT2D eigenvalue weighted by Crippen LogP contribution is -2.47. The lowest BCUT2D eigenvalue weighted by molar-refractivity contribution is -0.126. The number of rotatable bonds is 8. The molecule has 1 heterocycles. The topological polar surface area (TPSA) is 47.6 Å². The van der Waals surface area contributed by atoms with E-state index in [1.54, 1.807) is 0 Å². The zero-order valence-corrected chi connectivity index (χ0v) is 14.4. The molecule has 23 heavy (non-hydrogen) atoms. The molecule has 0 aromatic heterocycles. The number of carbonyl (C=O) groups excluding carboxylic acids is 1.